The lowest BCUT2D eigenvalue weighted by atomic mass is 10.1. The number of hydrogen-bond acceptors (Lipinski definition) is 4. The number of hydrogen-bond donors (Lipinski definition) is 1. The van der Waals surface area contributed by atoms with E-state index in [2.05, 4.69) is 10.2 Å². The highest BCUT2D eigenvalue weighted by Gasteiger charge is 2.19. The van der Waals surface area contributed by atoms with Crippen LogP contribution in [0.2, 0.25) is 5.02 Å². The second kappa shape index (κ2) is 9.18. The second-order valence-corrected chi connectivity index (χ2v) is 8.09. The molecule has 4 rings (SSSR count). The first-order valence-electron chi connectivity index (χ1n) is 10.1. The van der Waals surface area contributed by atoms with Crippen molar-refractivity contribution < 1.29 is 13.9 Å². The molecular formula is C23H23ClFN3O3. The van der Waals surface area contributed by atoms with Gasteiger partial charge in [0.1, 0.15) is 11.4 Å². The van der Waals surface area contributed by atoms with Gasteiger partial charge in [0.15, 0.2) is 0 Å². The minimum Gasteiger partial charge on any atom is -0.379 e. The maximum atomic E-state index is 14.9. The summed E-state index contributed by atoms with van der Waals surface area (Å²) in [6.07, 6.45) is 1.38. The maximum Gasteiger partial charge on any atom is 0.257 e. The number of benzene rings is 2. The van der Waals surface area contributed by atoms with E-state index in [9.17, 15) is 14.0 Å². The topological polar surface area (TPSA) is 63.6 Å². The SMILES string of the molecule is Cn1cc(C(=O)NCc2ccc(Cl)cc2)c(=O)c2cc(CN3CCOCC3)cc(F)c21. The van der Waals surface area contributed by atoms with Gasteiger partial charge < -0.3 is 14.6 Å². The van der Waals surface area contributed by atoms with E-state index >= 15 is 0 Å². The van der Waals surface area contributed by atoms with Crippen molar-refractivity contribution in [1.29, 1.82) is 0 Å². The summed E-state index contributed by atoms with van der Waals surface area (Å²) >= 11 is 5.88. The Morgan fingerprint density at radius 1 is 1.16 bits per heavy atom. The lowest BCUT2D eigenvalue weighted by Crippen LogP contribution is -2.35. The molecule has 2 heterocycles. The Bertz CT molecular complexity index is 1170. The minimum atomic E-state index is -0.503. The van der Waals surface area contributed by atoms with Gasteiger partial charge >= 0.3 is 0 Å². The van der Waals surface area contributed by atoms with Crippen molar-refractivity contribution in [3.05, 3.63) is 80.3 Å². The number of fused-ring (bicyclic) bond motifs is 1. The summed E-state index contributed by atoms with van der Waals surface area (Å²) in [5.74, 6) is -0.982. The van der Waals surface area contributed by atoms with Crippen LogP contribution in [0, 0.1) is 5.82 Å². The van der Waals surface area contributed by atoms with Gasteiger partial charge in [-0.25, -0.2) is 4.39 Å². The molecule has 1 saturated heterocycles. The van der Waals surface area contributed by atoms with Crippen LogP contribution in [0.5, 0.6) is 0 Å². The first-order chi connectivity index (χ1) is 14.9. The van der Waals surface area contributed by atoms with E-state index in [1.54, 1.807) is 37.4 Å². The molecule has 0 atom stereocenters. The van der Waals surface area contributed by atoms with E-state index < -0.39 is 17.2 Å². The van der Waals surface area contributed by atoms with Gasteiger partial charge in [-0.15, -0.1) is 0 Å². The molecule has 1 fully saturated rings. The number of amides is 1. The lowest BCUT2D eigenvalue weighted by Gasteiger charge is -2.26. The van der Waals surface area contributed by atoms with Gasteiger partial charge in [-0.1, -0.05) is 23.7 Å². The van der Waals surface area contributed by atoms with E-state index in [0.717, 1.165) is 18.7 Å². The molecule has 8 heteroatoms. The molecule has 3 aromatic rings. The molecule has 1 aliphatic heterocycles. The quantitative estimate of drug-likeness (QED) is 0.658. The maximum absolute atomic E-state index is 14.9. The summed E-state index contributed by atoms with van der Waals surface area (Å²) in [6.45, 7) is 3.55. The minimum absolute atomic E-state index is 0.0214. The van der Waals surface area contributed by atoms with Gasteiger partial charge in [0.05, 0.1) is 18.7 Å². The van der Waals surface area contributed by atoms with E-state index in [0.29, 0.717) is 30.3 Å². The first kappa shape index (κ1) is 21.5. The van der Waals surface area contributed by atoms with Crippen LogP contribution in [0.4, 0.5) is 4.39 Å². The molecule has 2 aromatic carbocycles. The van der Waals surface area contributed by atoms with E-state index in [4.69, 9.17) is 16.3 Å². The molecule has 0 unspecified atom stereocenters. The first-order valence-corrected chi connectivity index (χ1v) is 10.4. The second-order valence-electron chi connectivity index (χ2n) is 7.65. The fourth-order valence-electron chi connectivity index (χ4n) is 3.80. The highest BCUT2D eigenvalue weighted by molar-refractivity contribution is 6.30. The van der Waals surface area contributed by atoms with Gasteiger partial charge in [-0.05, 0) is 35.4 Å². The number of rotatable bonds is 5. The summed E-state index contributed by atoms with van der Waals surface area (Å²) in [5.41, 5.74) is 1.23. The Morgan fingerprint density at radius 3 is 2.58 bits per heavy atom. The molecule has 0 spiro atoms. The third-order valence-electron chi connectivity index (χ3n) is 5.41. The number of aryl methyl sites for hydroxylation is 1. The van der Waals surface area contributed by atoms with E-state index in [-0.39, 0.29) is 23.0 Å². The largest absolute Gasteiger partial charge is 0.379 e. The van der Waals surface area contributed by atoms with Gasteiger partial charge in [0.25, 0.3) is 5.91 Å². The molecule has 1 aromatic heterocycles. The third-order valence-corrected chi connectivity index (χ3v) is 5.66. The monoisotopic (exact) mass is 443 g/mol. The summed E-state index contributed by atoms with van der Waals surface area (Å²) < 4.78 is 21.7. The summed E-state index contributed by atoms with van der Waals surface area (Å²) in [7, 11) is 1.63. The average molecular weight is 444 g/mol. The van der Waals surface area contributed by atoms with Crippen molar-refractivity contribution in [2.45, 2.75) is 13.1 Å². The van der Waals surface area contributed by atoms with Gasteiger partial charge in [-0.2, -0.15) is 0 Å². The van der Waals surface area contributed by atoms with Crippen molar-refractivity contribution in [3.63, 3.8) is 0 Å². The zero-order valence-electron chi connectivity index (χ0n) is 17.2. The number of carbonyl (C=O) groups is 1. The Labute approximate surface area is 184 Å². The molecule has 1 N–H and O–H groups in total. The van der Waals surface area contributed by atoms with Crippen LogP contribution in [-0.2, 0) is 24.9 Å². The highest BCUT2D eigenvalue weighted by Crippen LogP contribution is 2.20. The van der Waals surface area contributed by atoms with Gasteiger partial charge in [0, 0.05) is 49.8 Å². The number of carbonyl (C=O) groups excluding carboxylic acids is 1. The Kier molecular flexibility index (Phi) is 6.36. The summed E-state index contributed by atoms with van der Waals surface area (Å²) in [4.78, 5) is 28.0. The number of nitrogens with one attached hydrogen (secondary N) is 1. The van der Waals surface area contributed by atoms with Crippen molar-refractivity contribution in [3.8, 4) is 0 Å². The standard InChI is InChI=1S/C23H23ClFN3O3/c1-27-14-19(23(30)26-12-15-2-4-17(24)5-3-15)22(29)18-10-16(11-20(25)21(18)27)13-28-6-8-31-9-7-28/h2-5,10-11,14H,6-9,12-13H2,1H3,(H,26,30). The van der Waals surface area contributed by atoms with Crippen molar-refractivity contribution in [2.75, 3.05) is 26.3 Å². The van der Waals surface area contributed by atoms with Gasteiger partial charge in [0.2, 0.25) is 5.43 Å². The number of halogens is 2. The highest BCUT2D eigenvalue weighted by atomic mass is 35.5. The smallest absolute Gasteiger partial charge is 0.257 e. The fraction of sp³-hybridized carbons (Fsp3) is 0.304. The predicted molar refractivity (Wildman–Crippen MR) is 118 cm³/mol. The van der Waals surface area contributed by atoms with Crippen LogP contribution in [0.25, 0.3) is 10.9 Å². The zero-order chi connectivity index (χ0) is 22.0. The Balaban J connectivity index is 1.62. The summed E-state index contributed by atoms with van der Waals surface area (Å²) in [5, 5.41) is 3.56. The molecule has 6 nitrogen and oxygen atoms in total. The molecule has 162 valence electrons. The molecule has 0 bridgehead atoms. The molecule has 0 saturated carbocycles. The number of ether oxygens (including phenoxy) is 1. The van der Waals surface area contributed by atoms with Crippen molar-refractivity contribution in [1.82, 2.24) is 14.8 Å². The number of nitrogens with zero attached hydrogens (tertiary/aromatic N) is 2. The number of aromatic nitrogens is 1. The van der Waals surface area contributed by atoms with Crippen molar-refractivity contribution >= 4 is 28.4 Å². The number of morpholine rings is 1. The Hall–Kier alpha value is -2.74. The lowest BCUT2D eigenvalue weighted by molar-refractivity contribution is 0.0342. The van der Waals surface area contributed by atoms with Crippen LogP contribution >= 0.6 is 11.6 Å². The molecular weight excluding hydrogens is 421 g/mol. The van der Waals surface area contributed by atoms with Crippen LogP contribution in [0.1, 0.15) is 21.5 Å². The zero-order valence-corrected chi connectivity index (χ0v) is 17.9. The predicted octanol–water partition coefficient (Wildman–Crippen LogP) is 3.09. The van der Waals surface area contributed by atoms with Crippen LogP contribution < -0.4 is 10.7 Å². The molecule has 1 amide bonds. The van der Waals surface area contributed by atoms with E-state index in [1.165, 1.54) is 16.8 Å². The summed E-state index contributed by atoms with van der Waals surface area (Å²) in [6, 6.07) is 10.2. The van der Waals surface area contributed by atoms with E-state index in [1.807, 2.05) is 0 Å². The van der Waals surface area contributed by atoms with Crippen molar-refractivity contribution in [2.24, 2.45) is 7.05 Å². The molecule has 0 radical (unpaired) electrons. The molecule has 0 aliphatic carbocycles. The Morgan fingerprint density at radius 2 is 1.87 bits per heavy atom. The average Bonchev–Trinajstić information content (AvgIpc) is 2.76. The van der Waals surface area contributed by atoms with Crippen LogP contribution in [0.3, 0.4) is 0 Å². The van der Waals surface area contributed by atoms with Crippen LogP contribution in [0.15, 0.2) is 47.4 Å². The molecule has 31 heavy (non-hydrogen) atoms. The fourth-order valence-corrected chi connectivity index (χ4v) is 3.92. The van der Waals surface area contributed by atoms with Gasteiger partial charge in [-0.3, -0.25) is 14.5 Å². The van der Waals surface area contributed by atoms with Crippen LogP contribution in [-0.4, -0.2) is 41.7 Å². The number of pyridine rings is 1. The normalized spacial score (nSPS) is 14.7. The third kappa shape index (κ3) is 4.79. The molecule has 1 aliphatic rings.